The van der Waals surface area contributed by atoms with E-state index in [0.717, 1.165) is 15.5 Å². The van der Waals surface area contributed by atoms with Gasteiger partial charge in [0.1, 0.15) is 11.7 Å². The maximum Gasteiger partial charge on any atom is 1.00 e. The van der Waals surface area contributed by atoms with Gasteiger partial charge < -0.3 is 20.0 Å². The second kappa shape index (κ2) is 11.8. The number of para-hydroxylation sites is 1. The first-order chi connectivity index (χ1) is 17.4. The summed E-state index contributed by atoms with van der Waals surface area (Å²) < 4.78 is 7.15. The molecule has 1 unspecified atom stereocenters. The summed E-state index contributed by atoms with van der Waals surface area (Å²) in [5, 5.41) is 21.8. The van der Waals surface area contributed by atoms with Gasteiger partial charge in [0.2, 0.25) is 5.91 Å². The minimum Gasteiger partial charge on any atom is -0.543 e. The van der Waals surface area contributed by atoms with Gasteiger partial charge in [-0.2, -0.15) is 5.10 Å². The third-order valence-corrected chi connectivity index (χ3v) is 8.98. The molecule has 37 heavy (non-hydrogen) atoms. The Morgan fingerprint density at radius 2 is 2.08 bits per heavy atom. The van der Waals surface area contributed by atoms with Crippen molar-refractivity contribution in [1.29, 1.82) is 0 Å². The molecule has 5 rings (SSSR count). The van der Waals surface area contributed by atoms with Gasteiger partial charge in [0.25, 0.3) is 11.6 Å². The summed E-state index contributed by atoms with van der Waals surface area (Å²) >= 11 is 4.05. The van der Waals surface area contributed by atoms with Gasteiger partial charge in [-0.1, -0.05) is 28.8 Å². The Hall–Kier alpha value is -2.04. The molecule has 0 bridgehead atoms. The number of carboxylic acids is 1. The number of amides is 2. The minimum atomic E-state index is -1.63. The van der Waals surface area contributed by atoms with Gasteiger partial charge in [0.05, 0.1) is 23.8 Å². The largest absolute Gasteiger partial charge is 1.00 e. The fraction of sp³-hybridized carbons (Fsp3) is 0.273. The number of fused-ring (bicyclic) bond motifs is 1. The Morgan fingerprint density at radius 3 is 2.76 bits per heavy atom. The number of aliphatic carboxylic acids is 1. The van der Waals surface area contributed by atoms with Gasteiger partial charge in [0.15, 0.2) is 0 Å². The van der Waals surface area contributed by atoms with Gasteiger partial charge in [-0.3, -0.25) is 14.5 Å². The first-order valence-corrected chi connectivity index (χ1v) is 13.6. The van der Waals surface area contributed by atoms with E-state index < -0.39 is 23.0 Å². The number of rotatable bonds is 9. The Balaban J connectivity index is 0.00000320. The molecular formula is C22H21N6NaO5S3. The SMILES string of the molecule is COC1(NC(=O)Cc2cccs2)C(=O)N2C(C(=O)[O-])=C(CSN3NN=CN3c3ccccc3)CS[C@@H]21.[Na+]. The number of hydrogen-bond acceptors (Lipinski definition) is 12. The van der Waals surface area contributed by atoms with Crippen LogP contribution in [-0.2, 0) is 25.5 Å². The monoisotopic (exact) mass is 568 g/mol. The van der Waals surface area contributed by atoms with E-state index in [2.05, 4.69) is 16.0 Å². The van der Waals surface area contributed by atoms with E-state index in [4.69, 9.17) is 4.74 Å². The number of carbonyl (C=O) groups excluding carboxylic acids is 3. The molecule has 3 aliphatic heterocycles. The predicted octanol–water partition coefficient (Wildman–Crippen LogP) is -2.49. The molecule has 0 saturated carbocycles. The van der Waals surface area contributed by atoms with E-state index in [1.807, 2.05) is 47.8 Å². The van der Waals surface area contributed by atoms with Crippen LogP contribution in [0.5, 0.6) is 0 Å². The standard InChI is InChI=1S/C22H22N6O5S3.Na/c1-33-22(24-17(29)10-16-8-5-9-34-16)20(32)27-18(19(30)31)14(11-35-21(22)27)12-36-28-25-23-13-26(28)15-6-3-2-4-7-15;/h2-9,13,21,25H,10-12H2,1H3,(H,24,29)(H,30,31);/q;+1/p-1/t21-,22?;/m1./s1. The smallest absolute Gasteiger partial charge is 0.543 e. The average molecular weight is 569 g/mol. The fourth-order valence-corrected chi connectivity index (χ4v) is 7.23. The molecule has 188 valence electrons. The van der Waals surface area contributed by atoms with E-state index >= 15 is 0 Å². The second-order valence-electron chi connectivity index (χ2n) is 7.89. The van der Waals surface area contributed by atoms with E-state index in [-0.39, 0.29) is 53.3 Å². The van der Waals surface area contributed by atoms with Crippen LogP contribution < -0.4 is 50.5 Å². The molecule has 1 aromatic heterocycles. The Morgan fingerprint density at radius 1 is 1.30 bits per heavy atom. The summed E-state index contributed by atoms with van der Waals surface area (Å²) in [6, 6.07) is 13.2. The number of thioether (sulfide) groups is 1. The number of carbonyl (C=O) groups is 3. The number of hydrazine groups is 2. The van der Waals surface area contributed by atoms with Crippen molar-refractivity contribution in [2.24, 2.45) is 5.10 Å². The number of hydrazone groups is 1. The zero-order valence-electron chi connectivity index (χ0n) is 19.9. The number of anilines is 1. The molecule has 1 aromatic carbocycles. The molecule has 1 saturated heterocycles. The summed E-state index contributed by atoms with van der Waals surface area (Å²) in [5.74, 6) is -1.90. The Labute approximate surface area is 247 Å². The van der Waals surface area contributed by atoms with Crippen molar-refractivity contribution < 1.29 is 53.8 Å². The molecule has 1 fully saturated rings. The van der Waals surface area contributed by atoms with Crippen LogP contribution in [0.25, 0.3) is 0 Å². The molecule has 2 amide bonds. The van der Waals surface area contributed by atoms with Gasteiger partial charge in [-0.25, -0.2) is 10.5 Å². The van der Waals surface area contributed by atoms with E-state index in [9.17, 15) is 19.5 Å². The summed E-state index contributed by atoms with van der Waals surface area (Å²) in [5.41, 5.74) is 2.41. The van der Waals surface area contributed by atoms with Crippen molar-refractivity contribution in [3.8, 4) is 0 Å². The summed E-state index contributed by atoms with van der Waals surface area (Å²) in [4.78, 5) is 40.0. The van der Waals surface area contributed by atoms with Crippen molar-refractivity contribution in [1.82, 2.24) is 20.3 Å². The van der Waals surface area contributed by atoms with Gasteiger partial charge in [-0.05, 0) is 41.1 Å². The fourth-order valence-electron chi connectivity index (χ4n) is 4.07. The van der Waals surface area contributed by atoms with Crippen molar-refractivity contribution in [2.75, 3.05) is 23.6 Å². The second-order valence-corrected chi connectivity index (χ2v) is 10.9. The molecule has 11 nitrogen and oxygen atoms in total. The number of nitrogens with zero attached hydrogens (tertiary/aromatic N) is 4. The first kappa shape index (κ1) is 28.0. The molecule has 0 radical (unpaired) electrons. The van der Waals surface area contributed by atoms with Crippen molar-refractivity contribution in [3.63, 3.8) is 0 Å². The van der Waals surface area contributed by atoms with E-state index in [1.54, 1.807) is 15.9 Å². The van der Waals surface area contributed by atoms with Crippen LogP contribution in [0.15, 0.2) is 64.2 Å². The number of methoxy groups -OCH3 is 1. The third-order valence-electron chi connectivity index (χ3n) is 5.75. The molecule has 3 aliphatic rings. The van der Waals surface area contributed by atoms with Crippen molar-refractivity contribution >= 4 is 64.9 Å². The normalized spacial score (nSPS) is 22.7. The predicted molar refractivity (Wildman–Crippen MR) is 136 cm³/mol. The Kier molecular flexibility index (Phi) is 8.91. The Bertz CT molecular complexity index is 1230. The average Bonchev–Trinajstić information content (AvgIpc) is 3.57. The van der Waals surface area contributed by atoms with Crippen LogP contribution in [0.2, 0.25) is 0 Å². The van der Waals surface area contributed by atoms with Crippen LogP contribution in [0.4, 0.5) is 5.69 Å². The van der Waals surface area contributed by atoms with Crippen LogP contribution >= 0.6 is 35.0 Å². The summed E-state index contributed by atoms with van der Waals surface area (Å²) in [6.45, 7) is 0. The van der Waals surface area contributed by atoms with Crippen LogP contribution in [0.1, 0.15) is 4.88 Å². The number of carboxylic acid groups (broad SMARTS) is 1. The van der Waals surface area contributed by atoms with Crippen molar-refractivity contribution in [3.05, 3.63) is 64.0 Å². The minimum absolute atomic E-state index is 0. The van der Waals surface area contributed by atoms with E-state index in [1.165, 1.54) is 42.2 Å². The number of nitrogens with one attached hydrogen (secondary N) is 2. The molecule has 2 atom stereocenters. The quantitative estimate of drug-likeness (QED) is 0.145. The molecule has 0 spiro atoms. The topological polar surface area (TPSA) is 130 Å². The maximum absolute atomic E-state index is 13.2. The first-order valence-electron chi connectivity index (χ1n) is 10.8. The number of ether oxygens (including phenoxy) is 1. The van der Waals surface area contributed by atoms with Gasteiger partial charge in [0, 0.05) is 23.5 Å². The molecule has 0 aliphatic carbocycles. The van der Waals surface area contributed by atoms with E-state index in [0.29, 0.717) is 11.3 Å². The molecule has 2 aromatic rings. The summed E-state index contributed by atoms with van der Waals surface area (Å²) in [6.07, 6.45) is 1.70. The van der Waals surface area contributed by atoms with Crippen LogP contribution in [0, 0.1) is 0 Å². The molecular weight excluding hydrogens is 547 g/mol. The number of benzene rings is 1. The third kappa shape index (κ3) is 5.29. The van der Waals surface area contributed by atoms with Crippen LogP contribution in [-0.4, -0.2) is 63.3 Å². The maximum atomic E-state index is 13.2. The van der Waals surface area contributed by atoms with Crippen LogP contribution in [0.3, 0.4) is 0 Å². The van der Waals surface area contributed by atoms with Gasteiger partial charge in [-0.15, -0.1) is 23.1 Å². The number of β-lactam (4-membered cyclic amide) rings is 1. The molecule has 2 N–H and O–H groups in total. The molecule has 15 heteroatoms. The zero-order valence-corrected chi connectivity index (χ0v) is 24.4. The number of thiophene rings is 1. The zero-order chi connectivity index (χ0) is 25.3. The molecule has 4 heterocycles. The summed E-state index contributed by atoms with van der Waals surface area (Å²) in [7, 11) is 1.33. The van der Waals surface area contributed by atoms with Gasteiger partial charge >= 0.3 is 29.6 Å². The number of hydrogen-bond donors (Lipinski definition) is 2. The van der Waals surface area contributed by atoms with Crippen molar-refractivity contribution in [2.45, 2.75) is 17.5 Å².